The molecular formula is C25H28N4O2. The summed E-state index contributed by atoms with van der Waals surface area (Å²) in [5.74, 6) is 2.12. The topological polar surface area (TPSA) is 72.1 Å². The Morgan fingerprint density at radius 1 is 1.13 bits per heavy atom. The predicted octanol–water partition coefficient (Wildman–Crippen LogP) is 4.42. The van der Waals surface area contributed by atoms with Crippen LogP contribution in [-0.2, 0) is 16.6 Å². The van der Waals surface area contributed by atoms with Gasteiger partial charge in [-0.25, -0.2) is 0 Å². The number of nitrogens with zero attached hydrogens (tertiary/aromatic N) is 4. The second kappa shape index (κ2) is 8.61. The number of benzene rings is 1. The molecule has 6 heteroatoms. The fourth-order valence-electron chi connectivity index (χ4n) is 4.75. The van der Waals surface area contributed by atoms with E-state index in [4.69, 9.17) is 9.51 Å². The third-order valence-corrected chi connectivity index (χ3v) is 6.56. The largest absolute Gasteiger partial charge is 0.342 e. The summed E-state index contributed by atoms with van der Waals surface area (Å²) in [4.78, 5) is 24.2. The van der Waals surface area contributed by atoms with Crippen molar-refractivity contribution in [2.75, 3.05) is 13.1 Å². The van der Waals surface area contributed by atoms with E-state index >= 15 is 0 Å². The number of pyridine rings is 1. The number of rotatable bonds is 7. The van der Waals surface area contributed by atoms with Crippen LogP contribution in [0.4, 0.5) is 0 Å². The van der Waals surface area contributed by atoms with Crippen LogP contribution in [0.15, 0.2) is 59.3 Å². The zero-order valence-corrected chi connectivity index (χ0v) is 17.7. The highest BCUT2D eigenvalue weighted by atomic mass is 16.5. The van der Waals surface area contributed by atoms with E-state index in [1.165, 1.54) is 18.4 Å². The average Bonchev–Trinajstić information content (AvgIpc) is 3.48. The Balaban J connectivity index is 1.34. The van der Waals surface area contributed by atoms with Gasteiger partial charge in [-0.2, -0.15) is 4.98 Å². The van der Waals surface area contributed by atoms with Crippen LogP contribution in [0.25, 0.3) is 11.6 Å². The van der Waals surface area contributed by atoms with Crippen molar-refractivity contribution in [1.29, 1.82) is 0 Å². The van der Waals surface area contributed by atoms with Gasteiger partial charge in [0, 0.05) is 25.7 Å². The molecule has 0 bridgehead atoms. The van der Waals surface area contributed by atoms with E-state index in [1.54, 1.807) is 6.20 Å². The first kappa shape index (κ1) is 19.9. The van der Waals surface area contributed by atoms with E-state index in [1.807, 2.05) is 41.3 Å². The van der Waals surface area contributed by atoms with Gasteiger partial charge in [-0.1, -0.05) is 54.4 Å². The van der Waals surface area contributed by atoms with E-state index in [0.717, 1.165) is 38.1 Å². The highest BCUT2D eigenvalue weighted by Crippen LogP contribution is 2.46. The smallest absolute Gasteiger partial charge is 0.276 e. The second-order valence-corrected chi connectivity index (χ2v) is 8.97. The molecule has 160 valence electrons. The maximum Gasteiger partial charge on any atom is 0.276 e. The molecule has 1 aromatic carbocycles. The molecule has 31 heavy (non-hydrogen) atoms. The molecule has 2 aromatic heterocycles. The van der Waals surface area contributed by atoms with Crippen molar-refractivity contribution in [1.82, 2.24) is 20.0 Å². The Morgan fingerprint density at radius 2 is 1.97 bits per heavy atom. The standard InChI is InChI=1S/C25H28N4O2/c30-22(13-12-19-7-2-1-3-8-19)29-16-6-14-25(18-29,17-20-10-11-20)24-27-23(31-28-24)21-9-4-5-15-26-21/h1-5,7-9,15,20H,6,10-14,16-18H2. The molecule has 1 atom stereocenters. The first-order valence-corrected chi connectivity index (χ1v) is 11.3. The second-order valence-electron chi connectivity index (χ2n) is 8.97. The molecule has 1 saturated heterocycles. The van der Waals surface area contributed by atoms with Gasteiger partial charge in [-0.3, -0.25) is 9.78 Å². The normalized spacial score (nSPS) is 21.2. The molecule has 6 nitrogen and oxygen atoms in total. The molecule has 2 fully saturated rings. The van der Waals surface area contributed by atoms with Crippen LogP contribution in [0.1, 0.15) is 49.9 Å². The van der Waals surface area contributed by atoms with Crippen LogP contribution in [0.3, 0.4) is 0 Å². The Morgan fingerprint density at radius 3 is 2.74 bits per heavy atom. The third-order valence-electron chi connectivity index (χ3n) is 6.56. The fraction of sp³-hybridized carbons (Fsp3) is 0.440. The van der Waals surface area contributed by atoms with Gasteiger partial charge < -0.3 is 9.42 Å². The number of carbonyl (C=O) groups excluding carboxylic acids is 1. The lowest BCUT2D eigenvalue weighted by molar-refractivity contribution is -0.133. The van der Waals surface area contributed by atoms with E-state index < -0.39 is 0 Å². The fourth-order valence-corrected chi connectivity index (χ4v) is 4.75. The van der Waals surface area contributed by atoms with Gasteiger partial charge in [-0.05, 0) is 49.3 Å². The maximum absolute atomic E-state index is 13.1. The SMILES string of the molecule is O=C(CCc1ccccc1)N1CCCC(CC2CC2)(c2noc(-c3ccccn3)n2)C1. The van der Waals surface area contributed by atoms with Gasteiger partial charge in [-0.15, -0.1) is 0 Å². The summed E-state index contributed by atoms with van der Waals surface area (Å²) in [7, 11) is 0. The lowest BCUT2D eigenvalue weighted by Crippen LogP contribution is -2.49. The molecule has 0 spiro atoms. The minimum atomic E-state index is -0.224. The summed E-state index contributed by atoms with van der Waals surface area (Å²) in [5.41, 5.74) is 1.67. The summed E-state index contributed by atoms with van der Waals surface area (Å²) in [6, 6.07) is 15.9. The van der Waals surface area contributed by atoms with Gasteiger partial charge >= 0.3 is 0 Å². The molecule has 1 saturated carbocycles. The molecule has 1 aliphatic carbocycles. The van der Waals surface area contributed by atoms with Crippen molar-refractivity contribution < 1.29 is 9.32 Å². The Kier molecular flexibility index (Phi) is 5.53. The Hall–Kier alpha value is -3.02. The molecule has 5 rings (SSSR count). The molecule has 3 aromatic rings. The zero-order chi connectivity index (χ0) is 21.1. The number of hydrogen-bond acceptors (Lipinski definition) is 5. The van der Waals surface area contributed by atoms with Crippen molar-refractivity contribution in [3.63, 3.8) is 0 Å². The molecule has 3 heterocycles. The van der Waals surface area contributed by atoms with Crippen LogP contribution in [0.2, 0.25) is 0 Å². The molecule has 1 unspecified atom stereocenters. The number of carbonyl (C=O) groups is 1. The van der Waals surface area contributed by atoms with Crippen molar-refractivity contribution in [3.8, 4) is 11.6 Å². The number of likely N-dealkylation sites (tertiary alicyclic amines) is 1. The number of amides is 1. The van der Waals surface area contributed by atoms with Gasteiger partial charge in [0.05, 0.1) is 5.41 Å². The van der Waals surface area contributed by atoms with Gasteiger partial charge in [0.25, 0.3) is 5.89 Å². The van der Waals surface area contributed by atoms with E-state index in [0.29, 0.717) is 30.5 Å². The number of piperidine rings is 1. The first-order chi connectivity index (χ1) is 15.2. The number of hydrogen-bond donors (Lipinski definition) is 0. The van der Waals surface area contributed by atoms with Crippen LogP contribution < -0.4 is 0 Å². The lowest BCUT2D eigenvalue weighted by atomic mass is 9.74. The van der Waals surface area contributed by atoms with Crippen molar-refractivity contribution in [2.45, 2.75) is 50.4 Å². The van der Waals surface area contributed by atoms with Gasteiger partial charge in [0.15, 0.2) is 5.82 Å². The predicted molar refractivity (Wildman–Crippen MR) is 117 cm³/mol. The molecule has 1 amide bonds. The van der Waals surface area contributed by atoms with Crippen LogP contribution in [0, 0.1) is 5.92 Å². The summed E-state index contributed by atoms with van der Waals surface area (Å²) >= 11 is 0. The molecule has 0 radical (unpaired) electrons. The quantitative estimate of drug-likeness (QED) is 0.570. The molecule has 0 N–H and O–H groups in total. The third kappa shape index (κ3) is 4.53. The summed E-state index contributed by atoms with van der Waals surface area (Å²) in [5, 5.41) is 4.39. The van der Waals surface area contributed by atoms with Crippen molar-refractivity contribution in [2.24, 2.45) is 5.92 Å². The average molecular weight is 417 g/mol. The zero-order valence-electron chi connectivity index (χ0n) is 17.7. The summed E-state index contributed by atoms with van der Waals surface area (Å²) in [6.45, 7) is 1.49. The highest BCUT2D eigenvalue weighted by Gasteiger charge is 2.45. The lowest BCUT2D eigenvalue weighted by Gasteiger charge is -2.41. The molecular weight excluding hydrogens is 388 g/mol. The summed E-state index contributed by atoms with van der Waals surface area (Å²) < 4.78 is 5.60. The highest BCUT2D eigenvalue weighted by molar-refractivity contribution is 5.76. The van der Waals surface area contributed by atoms with E-state index in [9.17, 15) is 4.79 Å². The minimum absolute atomic E-state index is 0.220. The molecule has 1 aliphatic heterocycles. The molecule has 2 aliphatic rings. The van der Waals surface area contributed by atoms with E-state index in [-0.39, 0.29) is 11.3 Å². The van der Waals surface area contributed by atoms with E-state index in [2.05, 4.69) is 22.3 Å². The minimum Gasteiger partial charge on any atom is -0.342 e. The maximum atomic E-state index is 13.1. The van der Waals surface area contributed by atoms with Crippen molar-refractivity contribution >= 4 is 5.91 Å². The monoisotopic (exact) mass is 416 g/mol. The van der Waals surface area contributed by atoms with Crippen molar-refractivity contribution in [3.05, 3.63) is 66.1 Å². The van der Waals surface area contributed by atoms with Crippen LogP contribution in [0.5, 0.6) is 0 Å². The number of aryl methyl sites for hydroxylation is 1. The van der Waals surface area contributed by atoms with Crippen LogP contribution in [-0.4, -0.2) is 39.0 Å². The first-order valence-electron chi connectivity index (χ1n) is 11.3. The number of aromatic nitrogens is 3. The van der Waals surface area contributed by atoms with Gasteiger partial charge in [0.1, 0.15) is 5.69 Å². The Labute approximate surface area is 182 Å². The van der Waals surface area contributed by atoms with Crippen LogP contribution >= 0.6 is 0 Å². The van der Waals surface area contributed by atoms with Gasteiger partial charge in [0.2, 0.25) is 5.91 Å². The summed E-state index contributed by atoms with van der Waals surface area (Å²) in [6.07, 6.45) is 8.55. The Bertz CT molecular complexity index is 1020.